The maximum atomic E-state index is 12.1. The van der Waals surface area contributed by atoms with E-state index in [1.165, 1.54) is 0 Å². The number of ether oxygens (including phenoxy) is 2. The maximum absolute atomic E-state index is 12.1. The molecule has 0 saturated heterocycles. The van der Waals surface area contributed by atoms with Crippen molar-refractivity contribution in [2.45, 2.75) is 26.3 Å². The Morgan fingerprint density at radius 3 is 2.32 bits per heavy atom. The monoisotopic (exact) mass is 307 g/mol. The largest absolute Gasteiger partial charge is 0.493 e. The fourth-order valence-corrected chi connectivity index (χ4v) is 2.62. The number of methoxy groups -OCH3 is 2. The number of aliphatic carboxylic acids is 1. The highest BCUT2D eigenvalue weighted by Crippen LogP contribution is 2.39. The van der Waals surface area contributed by atoms with Gasteiger partial charge in [-0.1, -0.05) is 0 Å². The molecule has 22 heavy (non-hydrogen) atoms. The molecule has 1 aliphatic carbocycles. The summed E-state index contributed by atoms with van der Waals surface area (Å²) in [5, 5.41) is 11.8. The van der Waals surface area contributed by atoms with Crippen molar-refractivity contribution in [2.75, 3.05) is 14.2 Å². The molecule has 0 spiro atoms. The third-order valence-electron chi connectivity index (χ3n) is 4.04. The summed E-state index contributed by atoms with van der Waals surface area (Å²) in [6.45, 7) is 3.79. The van der Waals surface area contributed by atoms with Crippen LogP contribution in [-0.4, -0.2) is 31.2 Å². The quantitative estimate of drug-likeness (QED) is 0.838. The Kier molecular flexibility index (Phi) is 4.59. The molecule has 2 rings (SSSR count). The van der Waals surface area contributed by atoms with Gasteiger partial charge < -0.3 is 19.9 Å². The standard InChI is InChI=1S/C16H21NO5/c1-8-5-13(21-3)14(22-4)7-10(8)9(2)17-15(18)11-6-12(11)16(19)20/h5,7,9,11-12H,6H2,1-4H3,(H,17,18)(H,19,20)/t9-,11+,12-/m0/s1. The van der Waals surface area contributed by atoms with Gasteiger partial charge in [-0.2, -0.15) is 0 Å². The summed E-state index contributed by atoms with van der Waals surface area (Å²) in [7, 11) is 3.13. The number of nitrogens with one attached hydrogen (secondary N) is 1. The molecular weight excluding hydrogens is 286 g/mol. The summed E-state index contributed by atoms with van der Waals surface area (Å²) in [5.41, 5.74) is 1.88. The van der Waals surface area contributed by atoms with Gasteiger partial charge in [0.2, 0.25) is 5.91 Å². The second-order valence-corrected chi connectivity index (χ2v) is 5.58. The Labute approximate surface area is 129 Å². The number of hydrogen-bond donors (Lipinski definition) is 2. The van der Waals surface area contributed by atoms with Gasteiger partial charge in [0.25, 0.3) is 0 Å². The first-order chi connectivity index (χ1) is 10.4. The lowest BCUT2D eigenvalue weighted by atomic mass is 10.0. The first-order valence-corrected chi connectivity index (χ1v) is 7.14. The number of amides is 1. The zero-order valence-corrected chi connectivity index (χ0v) is 13.2. The number of benzene rings is 1. The van der Waals surface area contributed by atoms with Crippen molar-refractivity contribution in [2.24, 2.45) is 11.8 Å². The molecule has 1 fully saturated rings. The molecule has 2 N–H and O–H groups in total. The average Bonchev–Trinajstić information content (AvgIpc) is 3.27. The van der Waals surface area contributed by atoms with Gasteiger partial charge in [-0.3, -0.25) is 9.59 Å². The van der Waals surface area contributed by atoms with Crippen LogP contribution in [0.5, 0.6) is 11.5 Å². The summed E-state index contributed by atoms with van der Waals surface area (Å²) >= 11 is 0. The molecule has 0 radical (unpaired) electrons. The van der Waals surface area contributed by atoms with E-state index < -0.39 is 17.8 Å². The van der Waals surface area contributed by atoms with E-state index in [4.69, 9.17) is 14.6 Å². The summed E-state index contributed by atoms with van der Waals surface area (Å²) in [4.78, 5) is 22.9. The molecule has 0 aromatic heterocycles. The van der Waals surface area contributed by atoms with Gasteiger partial charge in [0.05, 0.1) is 32.1 Å². The Hall–Kier alpha value is -2.24. The van der Waals surface area contributed by atoms with Crippen molar-refractivity contribution in [1.82, 2.24) is 5.32 Å². The summed E-state index contributed by atoms with van der Waals surface area (Å²) in [6, 6.07) is 3.46. The predicted molar refractivity (Wildman–Crippen MR) is 80.1 cm³/mol. The second-order valence-electron chi connectivity index (χ2n) is 5.58. The molecule has 0 bridgehead atoms. The van der Waals surface area contributed by atoms with Gasteiger partial charge in [-0.25, -0.2) is 0 Å². The number of hydrogen-bond acceptors (Lipinski definition) is 4. The number of carboxylic acids is 1. The normalized spacial score (nSPS) is 20.9. The summed E-state index contributed by atoms with van der Waals surface area (Å²) < 4.78 is 10.5. The van der Waals surface area contributed by atoms with Crippen LogP contribution in [0.4, 0.5) is 0 Å². The first kappa shape index (κ1) is 16.1. The Morgan fingerprint density at radius 1 is 1.23 bits per heavy atom. The number of carbonyl (C=O) groups is 2. The van der Waals surface area contributed by atoms with Crippen LogP contribution in [0.3, 0.4) is 0 Å². The average molecular weight is 307 g/mol. The van der Waals surface area contributed by atoms with Crippen molar-refractivity contribution < 1.29 is 24.2 Å². The topological polar surface area (TPSA) is 84.9 Å². The van der Waals surface area contributed by atoms with E-state index in [1.54, 1.807) is 14.2 Å². The van der Waals surface area contributed by atoms with E-state index in [-0.39, 0.29) is 11.9 Å². The van der Waals surface area contributed by atoms with Crippen LogP contribution in [0.2, 0.25) is 0 Å². The van der Waals surface area contributed by atoms with E-state index in [0.29, 0.717) is 17.9 Å². The Bertz CT molecular complexity index is 598. The molecule has 0 unspecified atom stereocenters. The minimum absolute atomic E-state index is 0.214. The molecule has 0 aliphatic heterocycles. The lowest BCUT2D eigenvalue weighted by molar-refractivity contribution is -0.140. The summed E-state index contributed by atoms with van der Waals surface area (Å²) in [5.74, 6) is -0.849. The molecule has 0 heterocycles. The van der Waals surface area contributed by atoms with Gasteiger partial charge in [-0.05, 0) is 43.5 Å². The van der Waals surface area contributed by atoms with E-state index in [0.717, 1.165) is 11.1 Å². The molecule has 1 aromatic carbocycles. The Balaban J connectivity index is 2.11. The van der Waals surface area contributed by atoms with Gasteiger partial charge in [0.1, 0.15) is 0 Å². The summed E-state index contributed by atoms with van der Waals surface area (Å²) in [6.07, 6.45) is 0.415. The van der Waals surface area contributed by atoms with Gasteiger partial charge in [0, 0.05) is 0 Å². The van der Waals surface area contributed by atoms with Crippen LogP contribution < -0.4 is 14.8 Å². The van der Waals surface area contributed by atoms with Gasteiger partial charge in [0.15, 0.2) is 11.5 Å². The van der Waals surface area contributed by atoms with E-state index in [2.05, 4.69) is 5.32 Å². The lowest BCUT2D eigenvalue weighted by Gasteiger charge is -2.19. The number of aryl methyl sites for hydroxylation is 1. The number of carboxylic acid groups (broad SMARTS) is 1. The third-order valence-corrected chi connectivity index (χ3v) is 4.04. The van der Waals surface area contributed by atoms with Gasteiger partial charge >= 0.3 is 5.97 Å². The zero-order valence-electron chi connectivity index (χ0n) is 13.2. The molecule has 6 heteroatoms. The highest BCUT2D eigenvalue weighted by atomic mass is 16.5. The maximum Gasteiger partial charge on any atom is 0.307 e. The second kappa shape index (κ2) is 6.25. The van der Waals surface area contributed by atoms with E-state index in [9.17, 15) is 9.59 Å². The van der Waals surface area contributed by atoms with Crippen LogP contribution in [0, 0.1) is 18.8 Å². The smallest absolute Gasteiger partial charge is 0.307 e. The Morgan fingerprint density at radius 2 is 1.82 bits per heavy atom. The number of carbonyl (C=O) groups excluding carboxylic acids is 1. The van der Waals surface area contributed by atoms with Crippen LogP contribution in [0.15, 0.2) is 12.1 Å². The highest BCUT2D eigenvalue weighted by Gasteiger charge is 2.48. The molecule has 120 valence electrons. The van der Waals surface area contributed by atoms with Crippen LogP contribution in [-0.2, 0) is 9.59 Å². The van der Waals surface area contributed by atoms with Crippen molar-refractivity contribution in [1.29, 1.82) is 0 Å². The zero-order chi connectivity index (χ0) is 16.4. The van der Waals surface area contributed by atoms with Crippen LogP contribution in [0.1, 0.15) is 30.5 Å². The van der Waals surface area contributed by atoms with Crippen LogP contribution >= 0.6 is 0 Å². The van der Waals surface area contributed by atoms with Crippen molar-refractivity contribution >= 4 is 11.9 Å². The first-order valence-electron chi connectivity index (χ1n) is 7.14. The molecule has 6 nitrogen and oxygen atoms in total. The lowest BCUT2D eigenvalue weighted by Crippen LogP contribution is -2.29. The molecule has 3 atom stereocenters. The SMILES string of the molecule is COc1cc(C)c([C@H](C)NC(=O)[C@@H]2C[C@@H]2C(=O)O)cc1OC. The highest BCUT2D eigenvalue weighted by molar-refractivity contribution is 5.89. The van der Waals surface area contributed by atoms with Crippen molar-refractivity contribution in [3.63, 3.8) is 0 Å². The third kappa shape index (κ3) is 3.16. The predicted octanol–water partition coefficient (Wildman–Crippen LogP) is 1.91. The molecule has 1 aromatic rings. The van der Waals surface area contributed by atoms with Crippen LogP contribution in [0.25, 0.3) is 0 Å². The van der Waals surface area contributed by atoms with Crippen molar-refractivity contribution in [3.8, 4) is 11.5 Å². The minimum atomic E-state index is -0.907. The fraction of sp³-hybridized carbons (Fsp3) is 0.500. The van der Waals surface area contributed by atoms with Gasteiger partial charge in [-0.15, -0.1) is 0 Å². The molecule has 1 saturated carbocycles. The molecule has 1 aliphatic rings. The number of rotatable bonds is 6. The van der Waals surface area contributed by atoms with E-state index in [1.807, 2.05) is 26.0 Å². The fourth-order valence-electron chi connectivity index (χ4n) is 2.62. The molecule has 1 amide bonds. The van der Waals surface area contributed by atoms with E-state index >= 15 is 0 Å². The molecular formula is C16H21NO5. The minimum Gasteiger partial charge on any atom is -0.493 e. The van der Waals surface area contributed by atoms with Crippen molar-refractivity contribution in [3.05, 3.63) is 23.3 Å².